The summed E-state index contributed by atoms with van der Waals surface area (Å²) < 4.78 is 24.1. The van der Waals surface area contributed by atoms with Crippen LogP contribution in [0.3, 0.4) is 0 Å². The van der Waals surface area contributed by atoms with E-state index < -0.39 is 12.0 Å². The van der Waals surface area contributed by atoms with Crippen LogP contribution in [0.1, 0.15) is 36.8 Å². The minimum Gasteiger partial charge on any atom is -0.493 e. The van der Waals surface area contributed by atoms with Crippen LogP contribution in [-0.4, -0.2) is 31.4 Å². The normalized spacial score (nSPS) is 14.8. The molecule has 1 aliphatic rings. The van der Waals surface area contributed by atoms with Gasteiger partial charge in [-0.05, 0) is 55.8 Å². The fourth-order valence-corrected chi connectivity index (χ4v) is 5.66. The first-order valence-corrected chi connectivity index (χ1v) is 13.2. The summed E-state index contributed by atoms with van der Waals surface area (Å²) in [6.45, 7) is 3.62. The zero-order valence-corrected chi connectivity index (χ0v) is 23.1. The number of nitriles is 1. The van der Waals surface area contributed by atoms with Crippen molar-refractivity contribution in [2.45, 2.75) is 19.9 Å². The fraction of sp³-hybridized carbons (Fsp3) is 0.200. The first-order chi connectivity index (χ1) is 19.4. The molecule has 0 amide bonds. The van der Waals surface area contributed by atoms with Crippen molar-refractivity contribution >= 4 is 23.4 Å². The van der Waals surface area contributed by atoms with Crippen LogP contribution >= 0.6 is 11.3 Å². The molecule has 0 unspecified atom stereocenters. The number of methoxy groups -OCH3 is 2. The van der Waals surface area contributed by atoms with Crippen molar-refractivity contribution in [1.82, 2.24) is 4.57 Å². The first-order valence-electron chi connectivity index (χ1n) is 12.4. The van der Waals surface area contributed by atoms with E-state index in [1.54, 1.807) is 68.5 Å². The number of allylic oxidation sites excluding steroid dienone is 1. The molecule has 3 heterocycles. The second kappa shape index (κ2) is 11.1. The molecule has 0 N–H and O–H groups in total. The van der Waals surface area contributed by atoms with E-state index in [0.717, 1.165) is 0 Å². The lowest BCUT2D eigenvalue weighted by Crippen LogP contribution is -2.39. The molecule has 10 heteroatoms. The van der Waals surface area contributed by atoms with Crippen LogP contribution in [-0.2, 0) is 9.53 Å². The maximum atomic E-state index is 13.9. The summed E-state index contributed by atoms with van der Waals surface area (Å²) in [6, 6.07) is 17.2. The van der Waals surface area contributed by atoms with Gasteiger partial charge in [0.1, 0.15) is 11.5 Å². The highest BCUT2D eigenvalue weighted by Crippen LogP contribution is 2.36. The van der Waals surface area contributed by atoms with E-state index in [1.807, 2.05) is 6.07 Å². The van der Waals surface area contributed by atoms with Gasteiger partial charge in [-0.2, -0.15) is 5.26 Å². The molecule has 9 nitrogen and oxygen atoms in total. The third-order valence-corrected chi connectivity index (χ3v) is 7.44. The SMILES string of the molecule is CCOC(=O)C1=C(C)N=c2s/c(=C/c3ccc(-c4ccccc4C#N)o3)c(=O)n2[C@H]1c1ccc(OC)c(OC)c1. The van der Waals surface area contributed by atoms with Crippen molar-refractivity contribution in [1.29, 1.82) is 5.26 Å². The van der Waals surface area contributed by atoms with Crippen LogP contribution in [0.15, 0.2) is 80.1 Å². The molecule has 0 bridgehead atoms. The molecule has 0 saturated heterocycles. The van der Waals surface area contributed by atoms with Crippen LogP contribution in [0.5, 0.6) is 11.5 Å². The van der Waals surface area contributed by atoms with Gasteiger partial charge in [0.2, 0.25) is 0 Å². The third kappa shape index (κ3) is 4.72. The molecular weight excluding hydrogens is 530 g/mol. The third-order valence-electron chi connectivity index (χ3n) is 6.45. The highest BCUT2D eigenvalue weighted by atomic mass is 32.1. The Kier molecular flexibility index (Phi) is 7.40. The number of carbonyl (C=O) groups is 1. The summed E-state index contributed by atoms with van der Waals surface area (Å²) in [5.41, 5.74) is 2.17. The molecule has 0 radical (unpaired) electrons. The van der Waals surface area contributed by atoms with E-state index in [1.165, 1.54) is 30.1 Å². The van der Waals surface area contributed by atoms with Gasteiger partial charge < -0.3 is 18.6 Å². The Hall–Kier alpha value is -4.88. The molecule has 202 valence electrons. The number of benzene rings is 2. The van der Waals surface area contributed by atoms with Gasteiger partial charge in [0.05, 0.1) is 54.3 Å². The van der Waals surface area contributed by atoms with Gasteiger partial charge in [-0.1, -0.05) is 29.5 Å². The smallest absolute Gasteiger partial charge is 0.338 e. The number of hydrogen-bond acceptors (Lipinski definition) is 9. The van der Waals surface area contributed by atoms with Gasteiger partial charge in [0, 0.05) is 11.6 Å². The highest BCUT2D eigenvalue weighted by Gasteiger charge is 2.34. The van der Waals surface area contributed by atoms with Crippen LogP contribution in [0.4, 0.5) is 0 Å². The first kappa shape index (κ1) is 26.7. The number of furan rings is 1. The number of nitrogens with zero attached hydrogens (tertiary/aromatic N) is 3. The summed E-state index contributed by atoms with van der Waals surface area (Å²) in [7, 11) is 3.06. The second-order valence-corrected chi connectivity index (χ2v) is 9.79. The highest BCUT2D eigenvalue weighted by molar-refractivity contribution is 7.07. The minimum atomic E-state index is -0.799. The van der Waals surface area contributed by atoms with Crippen LogP contribution < -0.4 is 24.4 Å². The van der Waals surface area contributed by atoms with E-state index in [9.17, 15) is 14.9 Å². The molecule has 1 aliphatic heterocycles. The summed E-state index contributed by atoms with van der Waals surface area (Å²) in [4.78, 5) is 32.0. The molecular formula is C30H25N3O6S. The molecule has 1 atom stereocenters. The number of fused-ring (bicyclic) bond motifs is 1. The van der Waals surface area contributed by atoms with Crippen LogP contribution in [0.25, 0.3) is 17.4 Å². The molecule has 2 aromatic carbocycles. The van der Waals surface area contributed by atoms with Gasteiger partial charge in [0.25, 0.3) is 5.56 Å². The number of esters is 1. The lowest BCUT2D eigenvalue weighted by Gasteiger charge is -2.25. The molecule has 0 spiro atoms. The van der Waals surface area contributed by atoms with E-state index >= 15 is 0 Å². The van der Waals surface area contributed by atoms with Gasteiger partial charge in [0.15, 0.2) is 16.3 Å². The van der Waals surface area contributed by atoms with Crippen molar-refractivity contribution in [2.75, 3.05) is 20.8 Å². The van der Waals surface area contributed by atoms with Gasteiger partial charge in [-0.15, -0.1) is 0 Å². The topological polar surface area (TPSA) is 116 Å². The number of thiazole rings is 1. The summed E-state index contributed by atoms with van der Waals surface area (Å²) in [6.07, 6.45) is 1.64. The standard InChI is InChI=1S/C30H25N3O6S/c1-5-38-29(35)26-17(2)32-30-33(27(26)18-10-12-23(36-3)24(14-18)37-4)28(34)25(40-30)15-20-11-13-22(39-20)21-9-7-6-8-19(21)16-31/h6-15,27H,5H2,1-4H3/b25-15+/t27-/m0/s1. The van der Waals surface area contributed by atoms with Gasteiger partial charge in [-0.3, -0.25) is 9.36 Å². The molecule has 2 aromatic heterocycles. The van der Waals surface area contributed by atoms with Crippen molar-refractivity contribution in [3.8, 4) is 28.9 Å². The summed E-state index contributed by atoms with van der Waals surface area (Å²) >= 11 is 1.19. The fourth-order valence-electron chi connectivity index (χ4n) is 4.63. The number of ether oxygens (including phenoxy) is 3. The van der Waals surface area contributed by atoms with E-state index in [-0.39, 0.29) is 17.7 Å². The van der Waals surface area contributed by atoms with Crippen LogP contribution in [0.2, 0.25) is 0 Å². The Morgan fingerprint density at radius 1 is 1.15 bits per heavy atom. The molecule has 5 rings (SSSR count). The Balaban J connectivity index is 1.66. The number of hydrogen-bond donors (Lipinski definition) is 0. The molecule has 0 saturated carbocycles. The van der Waals surface area contributed by atoms with Gasteiger partial charge >= 0.3 is 5.97 Å². The number of aromatic nitrogens is 1. The van der Waals surface area contributed by atoms with E-state index in [4.69, 9.17) is 18.6 Å². The maximum Gasteiger partial charge on any atom is 0.338 e. The Labute approximate surface area is 233 Å². The van der Waals surface area contributed by atoms with E-state index in [2.05, 4.69) is 11.1 Å². The van der Waals surface area contributed by atoms with Crippen molar-refractivity contribution in [2.24, 2.45) is 4.99 Å². The van der Waals surface area contributed by atoms with E-state index in [0.29, 0.717) is 54.7 Å². The predicted octanol–water partition coefficient (Wildman–Crippen LogP) is 3.95. The van der Waals surface area contributed by atoms with Crippen molar-refractivity contribution < 1.29 is 23.4 Å². The monoisotopic (exact) mass is 555 g/mol. The Bertz CT molecular complexity index is 1870. The Morgan fingerprint density at radius 2 is 1.93 bits per heavy atom. The van der Waals surface area contributed by atoms with Crippen LogP contribution in [0, 0.1) is 11.3 Å². The summed E-state index contributed by atoms with van der Waals surface area (Å²) in [5, 5.41) is 9.44. The summed E-state index contributed by atoms with van der Waals surface area (Å²) in [5.74, 6) is 1.38. The maximum absolute atomic E-state index is 13.9. The molecule has 40 heavy (non-hydrogen) atoms. The average molecular weight is 556 g/mol. The lowest BCUT2D eigenvalue weighted by molar-refractivity contribution is -0.139. The lowest BCUT2D eigenvalue weighted by atomic mass is 9.95. The quantitative estimate of drug-likeness (QED) is 0.317. The Morgan fingerprint density at radius 3 is 2.65 bits per heavy atom. The minimum absolute atomic E-state index is 0.175. The average Bonchev–Trinajstić information content (AvgIpc) is 3.55. The number of carbonyl (C=O) groups excluding carboxylic acids is 1. The zero-order valence-electron chi connectivity index (χ0n) is 22.3. The second-order valence-electron chi connectivity index (χ2n) is 8.78. The largest absolute Gasteiger partial charge is 0.493 e. The molecule has 0 aliphatic carbocycles. The molecule has 4 aromatic rings. The number of rotatable bonds is 7. The van der Waals surface area contributed by atoms with Crippen molar-refractivity contribution in [3.63, 3.8) is 0 Å². The van der Waals surface area contributed by atoms with Crippen molar-refractivity contribution in [3.05, 3.63) is 102 Å². The zero-order chi connectivity index (χ0) is 28.4. The van der Waals surface area contributed by atoms with Gasteiger partial charge in [-0.25, -0.2) is 9.79 Å². The predicted molar refractivity (Wildman–Crippen MR) is 149 cm³/mol. The molecule has 0 fully saturated rings.